The molecule has 18 heavy (non-hydrogen) atoms. The zero-order valence-electron chi connectivity index (χ0n) is 10.2. The first-order valence-electron chi connectivity index (χ1n) is 6.53. The Morgan fingerprint density at radius 1 is 1.22 bits per heavy atom. The molecule has 4 heteroatoms. The molecule has 0 saturated carbocycles. The fourth-order valence-electron chi connectivity index (χ4n) is 3.19. The Kier molecular flexibility index (Phi) is 3.55. The summed E-state index contributed by atoms with van der Waals surface area (Å²) in [7, 11) is 0. The fourth-order valence-corrected chi connectivity index (χ4v) is 3.78. The number of aliphatic hydroxyl groups is 1. The van der Waals surface area contributed by atoms with Crippen molar-refractivity contribution in [3.05, 3.63) is 33.3 Å². The van der Waals surface area contributed by atoms with Gasteiger partial charge < -0.3 is 10.0 Å². The van der Waals surface area contributed by atoms with Gasteiger partial charge in [-0.2, -0.15) is 0 Å². The lowest BCUT2D eigenvalue weighted by atomic mass is 10.0. The number of benzene rings is 1. The molecule has 1 aromatic rings. The highest BCUT2D eigenvalue weighted by Crippen LogP contribution is 2.41. The Balaban J connectivity index is 1.80. The van der Waals surface area contributed by atoms with Crippen LogP contribution in [0.5, 0.6) is 0 Å². The van der Waals surface area contributed by atoms with Gasteiger partial charge in [0.25, 0.3) is 0 Å². The third-order valence-corrected chi connectivity index (χ3v) is 4.67. The number of aliphatic hydroxyl groups excluding tert-OH is 1. The van der Waals surface area contributed by atoms with E-state index in [9.17, 15) is 5.11 Å². The number of likely N-dealkylation sites (tertiary alicyclic amines) is 1. The molecule has 0 bridgehead atoms. The summed E-state index contributed by atoms with van der Waals surface area (Å²) in [5, 5.41) is 11.7. The zero-order valence-corrected chi connectivity index (χ0v) is 11.7. The van der Waals surface area contributed by atoms with Gasteiger partial charge in [-0.05, 0) is 55.6 Å². The SMILES string of the molecule is OC1c2cc(Cl)cc(Cl)c2CC1CN1CCCC1. The van der Waals surface area contributed by atoms with Crippen LogP contribution in [0.25, 0.3) is 0 Å². The lowest BCUT2D eigenvalue weighted by Gasteiger charge is -2.22. The van der Waals surface area contributed by atoms with Crippen molar-refractivity contribution in [3.63, 3.8) is 0 Å². The van der Waals surface area contributed by atoms with Crippen LogP contribution in [0.4, 0.5) is 0 Å². The van der Waals surface area contributed by atoms with Gasteiger partial charge >= 0.3 is 0 Å². The minimum Gasteiger partial charge on any atom is -0.388 e. The second-order valence-corrected chi connectivity index (χ2v) is 6.22. The van der Waals surface area contributed by atoms with Crippen LogP contribution in [0.3, 0.4) is 0 Å². The van der Waals surface area contributed by atoms with E-state index >= 15 is 0 Å². The van der Waals surface area contributed by atoms with E-state index in [0.29, 0.717) is 10.0 Å². The highest BCUT2D eigenvalue weighted by Gasteiger charge is 2.34. The number of rotatable bonds is 2. The normalized spacial score (nSPS) is 27.7. The number of hydrogen-bond donors (Lipinski definition) is 1. The maximum absolute atomic E-state index is 10.4. The average Bonchev–Trinajstić information content (AvgIpc) is 2.91. The highest BCUT2D eigenvalue weighted by molar-refractivity contribution is 6.35. The second kappa shape index (κ2) is 5.01. The molecule has 98 valence electrons. The summed E-state index contributed by atoms with van der Waals surface area (Å²) in [5.41, 5.74) is 2.01. The first-order chi connectivity index (χ1) is 8.65. The lowest BCUT2D eigenvalue weighted by Crippen LogP contribution is -2.28. The van der Waals surface area contributed by atoms with E-state index in [4.69, 9.17) is 23.2 Å². The van der Waals surface area contributed by atoms with E-state index < -0.39 is 6.10 Å². The Morgan fingerprint density at radius 2 is 1.94 bits per heavy atom. The molecule has 2 aliphatic rings. The van der Waals surface area contributed by atoms with Gasteiger partial charge in [-0.25, -0.2) is 0 Å². The molecule has 0 spiro atoms. The number of halogens is 2. The Hall–Kier alpha value is -0.280. The summed E-state index contributed by atoms with van der Waals surface area (Å²) >= 11 is 12.2. The molecule has 0 radical (unpaired) electrons. The first-order valence-corrected chi connectivity index (χ1v) is 7.29. The third-order valence-electron chi connectivity index (χ3n) is 4.12. The van der Waals surface area contributed by atoms with E-state index in [1.807, 2.05) is 6.07 Å². The monoisotopic (exact) mass is 285 g/mol. The van der Waals surface area contributed by atoms with E-state index in [-0.39, 0.29) is 5.92 Å². The Bertz CT molecular complexity index is 457. The molecular formula is C14H17Cl2NO. The minimum atomic E-state index is -0.420. The van der Waals surface area contributed by atoms with E-state index in [1.165, 1.54) is 12.8 Å². The molecule has 1 saturated heterocycles. The smallest absolute Gasteiger partial charge is 0.0837 e. The molecule has 1 N–H and O–H groups in total. The molecule has 1 fully saturated rings. The van der Waals surface area contributed by atoms with Gasteiger partial charge in [-0.1, -0.05) is 23.2 Å². The molecule has 1 aliphatic carbocycles. The van der Waals surface area contributed by atoms with Crippen LogP contribution in [-0.4, -0.2) is 29.6 Å². The van der Waals surface area contributed by atoms with Gasteiger partial charge in [-0.3, -0.25) is 0 Å². The second-order valence-electron chi connectivity index (χ2n) is 5.37. The van der Waals surface area contributed by atoms with E-state index in [1.54, 1.807) is 6.07 Å². The molecular weight excluding hydrogens is 269 g/mol. The predicted octanol–water partition coefficient (Wildman–Crippen LogP) is 3.29. The van der Waals surface area contributed by atoms with Crippen molar-refractivity contribution < 1.29 is 5.11 Å². The Labute approximate surface area is 117 Å². The van der Waals surface area contributed by atoms with Crippen LogP contribution in [-0.2, 0) is 6.42 Å². The molecule has 3 rings (SSSR count). The quantitative estimate of drug-likeness (QED) is 0.901. The van der Waals surface area contributed by atoms with Crippen molar-refractivity contribution in [2.75, 3.05) is 19.6 Å². The summed E-state index contributed by atoms with van der Waals surface area (Å²) in [6.07, 6.45) is 3.00. The lowest BCUT2D eigenvalue weighted by molar-refractivity contribution is 0.0990. The minimum absolute atomic E-state index is 0.258. The molecule has 1 aromatic carbocycles. The maximum atomic E-state index is 10.4. The molecule has 0 aromatic heterocycles. The largest absolute Gasteiger partial charge is 0.388 e. The van der Waals surface area contributed by atoms with Crippen LogP contribution in [0.2, 0.25) is 10.0 Å². The van der Waals surface area contributed by atoms with Gasteiger partial charge in [0, 0.05) is 22.5 Å². The third kappa shape index (κ3) is 2.27. The van der Waals surface area contributed by atoms with Crippen LogP contribution < -0.4 is 0 Å². The molecule has 2 atom stereocenters. The van der Waals surface area contributed by atoms with Gasteiger partial charge in [-0.15, -0.1) is 0 Å². The molecule has 2 nitrogen and oxygen atoms in total. The fraction of sp³-hybridized carbons (Fsp3) is 0.571. The number of fused-ring (bicyclic) bond motifs is 1. The average molecular weight is 286 g/mol. The standard InChI is InChI=1S/C14H17Cl2NO/c15-10-6-12-11(13(16)7-10)5-9(14(12)18)8-17-3-1-2-4-17/h6-7,9,14,18H,1-5,8H2. The van der Waals surface area contributed by atoms with Gasteiger partial charge in [0.15, 0.2) is 0 Å². The summed E-state index contributed by atoms with van der Waals surface area (Å²) in [5.74, 6) is 0.258. The molecule has 2 unspecified atom stereocenters. The molecule has 1 aliphatic heterocycles. The predicted molar refractivity (Wildman–Crippen MR) is 74.3 cm³/mol. The van der Waals surface area contributed by atoms with E-state index in [2.05, 4.69) is 4.90 Å². The van der Waals surface area contributed by atoms with Crippen molar-refractivity contribution in [1.29, 1.82) is 0 Å². The van der Waals surface area contributed by atoms with Crippen molar-refractivity contribution in [2.45, 2.75) is 25.4 Å². The van der Waals surface area contributed by atoms with Gasteiger partial charge in [0.1, 0.15) is 0 Å². The number of nitrogens with zero attached hydrogens (tertiary/aromatic N) is 1. The van der Waals surface area contributed by atoms with Gasteiger partial charge in [0.05, 0.1) is 6.10 Å². The summed E-state index contributed by atoms with van der Waals surface area (Å²) < 4.78 is 0. The Morgan fingerprint density at radius 3 is 2.67 bits per heavy atom. The first kappa shape index (κ1) is 12.7. The van der Waals surface area contributed by atoms with Crippen LogP contribution in [0, 0.1) is 5.92 Å². The number of hydrogen-bond acceptors (Lipinski definition) is 2. The van der Waals surface area contributed by atoms with Gasteiger partial charge in [0.2, 0.25) is 0 Å². The molecule has 0 amide bonds. The maximum Gasteiger partial charge on any atom is 0.0837 e. The van der Waals surface area contributed by atoms with E-state index in [0.717, 1.165) is 37.2 Å². The van der Waals surface area contributed by atoms with Crippen molar-refractivity contribution in [1.82, 2.24) is 4.90 Å². The topological polar surface area (TPSA) is 23.5 Å². The highest BCUT2D eigenvalue weighted by atomic mass is 35.5. The van der Waals surface area contributed by atoms with Crippen molar-refractivity contribution in [2.24, 2.45) is 5.92 Å². The van der Waals surface area contributed by atoms with Crippen LogP contribution in [0.1, 0.15) is 30.1 Å². The summed E-state index contributed by atoms with van der Waals surface area (Å²) in [6, 6.07) is 3.63. The van der Waals surface area contributed by atoms with Crippen LogP contribution in [0.15, 0.2) is 12.1 Å². The zero-order chi connectivity index (χ0) is 12.7. The molecule has 1 heterocycles. The summed E-state index contributed by atoms with van der Waals surface area (Å²) in [6.45, 7) is 3.28. The summed E-state index contributed by atoms with van der Waals surface area (Å²) in [4.78, 5) is 2.44. The van der Waals surface area contributed by atoms with Crippen molar-refractivity contribution in [3.8, 4) is 0 Å². The van der Waals surface area contributed by atoms with Crippen LogP contribution >= 0.6 is 23.2 Å². The van der Waals surface area contributed by atoms with Crippen molar-refractivity contribution >= 4 is 23.2 Å².